The van der Waals surface area contributed by atoms with Gasteiger partial charge in [0.15, 0.2) is 5.82 Å². The Hall–Kier alpha value is -3.21. The van der Waals surface area contributed by atoms with Crippen LogP contribution >= 0.6 is 50.7 Å². The molecule has 3 amide bonds. The Morgan fingerprint density at radius 1 is 0.872 bits per heavy atom. The van der Waals surface area contributed by atoms with Gasteiger partial charge in [0.05, 0.1) is 34.2 Å². The third-order valence-electron chi connectivity index (χ3n) is 6.75. The summed E-state index contributed by atoms with van der Waals surface area (Å²) in [5, 5.41) is 5.91. The minimum absolute atomic E-state index is 0.102. The Bertz CT molecular complexity index is 1760. The highest BCUT2D eigenvalue weighted by atomic mass is 79.9. The first-order valence-electron chi connectivity index (χ1n) is 12.8. The fourth-order valence-electron chi connectivity index (χ4n) is 4.47. The van der Waals surface area contributed by atoms with E-state index in [0.29, 0.717) is 18.2 Å². The third-order valence-corrected chi connectivity index (χ3v) is 8.76. The predicted octanol–water partition coefficient (Wildman–Crippen LogP) is 9.21. The molecule has 1 unspecified atom stereocenters. The first-order valence-corrected chi connectivity index (χ1v) is 14.8. The van der Waals surface area contributed by atoms with Crippen molar-refractivity contribution in [3.8, 4) is 0 Å². The van der Waals surface area contributed by atoms with Crippen molar-refractivity contribution >= 4 is 85.5 Å². The van der Waals surface area contributed by atoms with Crippen molar-refractivity contribution in [1.29, 1.82) is 0 Å². The van der Waals surface area contributed by atoms with Gasteiger partial charge in [-0.15, -0.1) is 23.2 Å². The van der Waals surface area contributed by atoms with Crippen LogP contribution in [0.2, 0.25) is 5.02 Å². The second-order valence-electron chi connectivity index (χ2n) is 10.1. The van der Waals surface area contributed by atoms with Crippen LogP contribution < -0.4 is 16.0 Å². The summed E-state index contributed by atoms with van der Waals surface area (Å²) >= 11 is 21.0. The SMILES string of the molecule is O=C(Nc1ccc(F)c(NC(=O)C(Br)CC(F)(F)F)c1F)c1cc(NC(=O)[C@H]2[C@H](c3ccc(F)c(C(F)(F)F)c3)C2(Cl)Cl)ccc1Cl. The zero-order chi connectivity index (χ0) is 35.2. The number of amides is 3. The van der Waals surface area contributed by atoms with E-state index < -0.39 is 91.9 Å². The average molecular weight is 800 g/mol. The normalized spacial score (nSPS) is 17.9. The molecular weight excluding hydrogens is 784 g/mol. The van der Waals surface area contributed by atoms with Crippen molar-refractivity contribution in [3.05, 3.63) is 87.7 Å². The molecule has 3 aromatic rings. The van der Waals surface area contributed by atoms with Crippen LogP contribution in [0.3, 0.4) is 0 Å². The zero-order valence-electron chi connectivity index (χ0n) is 22.7. The maximum atomic E-state index is 15.1. The van der Waals surface area contributed by atoms with Crippen molar-refractivity contribution in [2.24, 2.45) is 5.92 Å². The fraction of sp³-hybridized carbons (Fsp3) is 0.250. The molecule has 19 heteroatoms. The van der Waals surface area contributed by atoms with Gasteiger partial charge in [-0.3, -0.25) is 14.4 Å². The van der Waals surface area contributed by atoms with Crippen molar-refractivity contribution in [2.45, 2.75) is 33.9 Å². The van der Waals surface area contributed by atoms with Crippen molar-refractivity contribution in [1.82, 2.24) is 0 Å². The summed E-state index contributed by atoms with van der Waals surface area (Å²) in [7, 11) is 0. The molecule has 3 atom stereocenters. The monoisotopic (exact) mass is 797 g/mol. The summed E-state index contributed by atoms with van der Waals surface area (Å²) in [5.74, 6) is -10.4. The molecule has 252 valence electrons. The van der Waals surface area contributed by atoms with Gasteiger partial charge in [0.2, 0.25) is 11.8 Å². The Morgan fingerprint density at radius 3 is 2.13 bits per heavy atom. The number of carbonyl (C=O) groups is 3. The number of hydrogen-bond donors (Lipinski definition) is 3. The largest absolute Gasteiger partial charge is 0.419 e. The molecule has 1 aliphatic carbocycles. The molecule has 0 radical (unpaired) electrons. The molecule has 4 rings (SSSR count). The van der Waals surface area contributed by atoms with E-state index >= 15 is 4.39 Å². The van der Waals surface area contributed by atoms with Crippen LogP contribution in [0.5, 0.6) is 0 Å². The number of hydrogen-bond acceptors (Lipinski definition) is 3. The number of rotatable bonds is 8. The van der Waals surface area contributed by atoms with Gasteiger partial charge >= 0.3 is 12.4 Å². The summed E-state index contributed by atoms with van der Waals surface area (Å²) < 4.78 is 119. The van der Waals surface area contributed by atoms with Crippen LogP contribution in [0.4, 0.5) is 56.6 Å². The maximum absolute atomic E-state index is 15.1. The summed E-state index contributed by atoms with van der Waals surface area (Å²) in [6.07, 6.45) is -11.5. The third kappa shape index (κ3) is 8.27. The van der Waals surface area contributed by atoms with Crippen molar-refractivity contribution in [2.75, 3.05) is 16.0 Å². The van der Waals surface area contributed by atoms with E-state index in [4.69, 9.17) is 34.8 Å². The number of benzene rings is 3. The van der Waals surface area contributed by atoms with Crippen molar-refractivity contribution < 1.29 is 53.9 Å². The lowest BCUT2D eigenvalue weighted by atomic mass is 10.0. The molecule has 1 aliphatic rings. The standard InChI is InChI=1S/C28H16BrCl3F9N3O3/c29-14(9-26(36,37)38)24(46)44-22-17(34)5-6-18(21(22)35)43-23(45)12-8-11(2-3-15(12)30)42-25(47)20-19(27(20,31)32)10-1-4-16(33)13(7-10)28(39,40)41/h1-8,14,19-20H,9H2,(H,42,47)(H,43,45)(H,44,46)/t14?,19-,20+/m0/s1. The van der Waals surface area contributed by atoms with Crippen LogP contribution in [-0.2, 0) is 15.8 Å². The van der Waals surface area contributed by atoms with Gasteiger partial charge in [0.1, 0.15) is 26.5 Å². The summed E-state index contributed by atoms with van der Waals surface area (Å²) in [4.78, 5) is 36.2. The first-order chi connectivity index (χ1) is 21.6. The molecule has 47 heavy (non-hydrogen) atoms. The Balaban J connectivity index is 1.50. The van der Waals surface area contributed by atoms with E-state index in [0.717, 1.165) is 24.3 Å². The van der Waals surface area contributed by atoms with E-state index in [9.17, 15) is 49.5 Å². The summed E-state index contributed by atoms with van der Waals surface area (Å²) in [5.41, 5.74) is -4.10. The van der Waals surface area contributed by atoms with Gasteiger partial charge in [0.25, 0.3) is 5.91 Å². The Labute approximate surface area is 282 Å². The highest BCUT2D eigenvalue weighted by molar-refractivity contribution is 9.10. The Morgan fingerprint density at radius 2 is 1.51 bits per heavy atom. The molecule has 0 heterocycles. The molecule has 0 spiro atoms. The van der Waals surface area contributed by atoms with Gasteiger partial charge in [-0.25, -0.2) is 13.2 Å². The van der Waals surface area contributed by atoms with E-state index in [-0.39, 0.29) is 21.8 Å². The van der Waals surface area contributed by atoms with Gasteiger partial charge in [-0.05, 0) is 48.0 Å². The number of anilines is 3. The van der Waals surface area contributed by atoms with E-state index in [1.54, 1.807) is 5.32 Å². The lowest BCUT2D eigenvalue weighted by Gasteiger charge is -2.16. The highest BCUT2D eigenvalue weighted by Gasteiger charge is 2.67. The summed E-state index contributed by atoms with van der Waals surface area (Å²) in [6.45, 7) is 0. The van der Waals surface area contributed by atoms with Gasteiger partial charge < -0.3 is 16.0 Å². The van der Waals surface area contributed by atoms with Crippen LogP contribution in [0, 0.1) is 23.4 Å². The van der Waals surface area contributed by atoms with Crippen molar-refractivity contribution in [3.63, 3.8) is 0 Å². The molecule has 1 fully saturated rings. The van der Waals surface area contributed by atoms with Crippen LogP contribution in [-0.4, -0.2) is 33.1 Å². The fourth-order valence-corrected chi connectivity index (χ4v) is 5.98. The molecule has 0 aliphatic heterocycles. The number of halogens is 13. The number of nitrogens with one attached hydrogen (secondary N) is 3. The van der Waals surface area contributed by atoms with Gasteiger partial charge in [-0.2, -0.15) is 26.3 Å². The van der Waals surface area contributed by atoms with E-state index in [1.807, 2.05) is 0 Å². The zero-order valence-corrected chi connectivity index (χ0v) is 26.6. The van der Waals surface area contributed by atoms with Crippen LogP contribution in [0.1, 0.15) is 33.8 Å². The van der Waals surface area contributed by atoms with Gasteiger partial charge in [0, 0.05) is 11.6 Å². The molecule has 0 saturated heterocycles. The minimum Gasteiger partial charge on any atom is -0.326 e. The van der Waals surface area contributed by atoms with E-state index in [2.05, 4.69) is 26.6 Å². The smallest absolute Gasteiger partial charge is 0.326 e. The quantitative estimate of drug-likeness (QED) is 0.157. The lowest BCUT2D eigenvalue weighted by molar-refractivity contribution is -0.140. The van der Waals surface area contributed by atoms with Crippen LogP contribution in [0.15, 0.2) is 48.5 Å². The Kier molecular flexibility index (Phi) is 10.4. The topological polar surface area (TPSA) is 87.3 Å². The summed E-state index contributed by atoms with van der Waals surface area (Å²) in [6, 6.07) is 6.82. The predicted molar refractivity (Wildman–Crippen MR) is 158 cm³/mol. The second kappa shape index (κ2) is 13.4. The second-order valence-corrected chi connectivity index (χ2v) is 13.0. The number of alkyl halides is 9. The number of carbonyl (C=O) groups excluding carboxylic acids is 3. The maximum Gasteiger partial charge on any atom is 0.419 e. The molecule has 0 aromatic heterocycles. The first kappa shape index (κ1) is 36.6. The molecule has 3 N–H and O–H groups in total. The molecule has 0 bridgehead atoms. The highest BCUT2D eigenvalue weighted by Crippen LogP contribution is 2.65. The van der Waals surface area contributed by atoms with E-state index in [1.165, 1.54) is 6.07 Å². The molecular formula is C28H16BrCl3F9N3O3. The van der Waals surface area contributed by atoms with Crippen LogP contribution in [0.25, 0.3) is 0 Å². The average Bonchev–Trinajstić information content (AvgIpc) is 3.53. The molecule has 6 nitrogen and oxygen atoms in total. The lowest BCUT2D eigenvalue weighted by Crippen LogP contribution is -2.28. The molecule has 3 aromatic carbocycles. The minimum atomic E-state index is -5.03. The molecule has 1 saturated carbocycles. The van der Waals surface area contributed by atoms with Gasteiger partial charge in [-0.1, -0.05) is 33.6 Å².